The molecule has 0 aliphatic carbocycles. The lowest BCUT2D eigenvalue weighted by Crippen LogP contribution is -2.57. The molecule has 1 rings (SSSR count). The third kappa shape index (κ3) is 4.57. The molecule has 0 unspecified atom stereocenters. The number of hydrogen-bond donors (Lipinski definition) is 1. The van der Waals surface area contributed by atoms with Crippen molar-refractivity contribution in [2.45, 2.75) is 25.5 Å². The average molecular weight is 339 g/mol. The van der Waals surface area contributed by atoms with Crippen molar-refractivity contribution in [3.63, 3.8) is 0 Å². The minimum absolute atomic E-state index is 0.0397. The monoisotopic (exact) mass is 339 g/mol. The van der Waals surface area contributed by atoms with Crippen LogP contribution in [-0.2, 0) is 19.7 Å². The molecule has 0 amide bonds. The van der Waals surface area contributed by atoms with E-state index in [1.165, 1.54) is 0 Å². The Labute approximate surface area is 127 Å². The Morgan fingerprint density at radius 1 is 1.38 bits per heavy atom. The molecule has 124 valence electrons. The van der Waals surface area contributed by atoms with Crippen molar-refractivity contribution in [1.29, 1.82) is 0 Å². The van der Waals surface area contributed by atoms with Crippen LogP contribution < -0.4 is 5.32 Å². The van der Waals surface area contributed by atoms with Crippen molar-refractivity contribution >= 4 is 25.6 Å². The second kappa shape index (κ2) is 6.51. The molecule has 0 saturated carbocycles. The van der Waals surface area contributed by atoms with Crippen molar-refractivity contribution < 1.29 is 16.8 Å². The van der Waals surface area contributed by atoms with E-state index < -0.39 is 24.4 Å². The van der Waals surface area contributed by atoms with Crippen molar-refractivity contribution in [3.05, 3.63) is 0 Å². The first kappa shape index (κ1) is 18.2. The Hall–Kier alpha value is -0.830. The van der Waals surface area contributed by atoms with Gasteiger partial charge in [0.1, 0.15) is 0 Å². The SMILES string of the molecule is CCS(=O)(=O)CCNC(=NC)N1CCS(=O)(=O)C(C)(C)C1. The molecule has 0 radical (unpaired) electrons. The van der Waals surface area contributed by atoms with Crippen LogP contribution >= 0.6 is 0 Å². The van der Waals surface area contributed by atoms with E-state index in [1.54, 1.807) is 27.8 Å². The highest BCUT2D eigenvalue weighted by atomic mass is 32.2. The predicted molar refractivity (Wildman–Crippen MR) is 85.1 cm³/mol. The number of rotatable bonds is 4. The van der Waals surface area contributed by atoms with Gasteiger partial charge in [0.15, 0.2) is 25.6 Å². The van der Waals surface area contributed by atoms with Crippen LogP contribution in [0, 0.1) is 0 Å². The summed E-state index contributed by atoms with van der Waals surface area (Å²) >= 11 is 0. The second-order valence-electron chi connectivity index (χ2n) is 5.71. The van der Waals surface area contributed by atoms with Crippen LogP contribution in [0.4, 0.5) is 0 Å². The molecule has 1 fully saturated rings. The molecule has 7 nitrogen and oxygen atoms in total. The van der Waals surface area contributed by atoms with Gasteiger partial charge in [-0.05, 0) is 13.8 Å². The van der Waals surface area contributed by atoms with Crippen molar-refractivity contribution in [3.8, 4) is 0 Å². The van der Waals surface area contributed by atoms with E-state index in [9.17, 15) is 16.8 Å². The van der Waals surface area contributed by atoms with Gasteiger partial charge in [0.05, 0.1) is 16.3 Å². The molecule has 0 spiro atoms. The van der Waals surface area contributed by atoms with Gasteiger partial charge in [0.2, 0.25) is 0 Å². The van der Waals surface area contributed by atoms with Crippen LogP contribution in [0.2, 0.25) is 0 Å². The minimum Gasteiger partial charge on any atom is -0.355 e. The molecule has 1 saturated heterocycles. The standard InChI is InChI=1S/C12H25N3O4S2/c1-5-20(16,17)8-6-14-11(13-4)15-7-9-21(18,19)12(2,3)10-15/h5-10H2,1-4H3,(H,13,14). The summed E-state index contributed by atoms with van der Waals surface area (Å²) in [6.45, 7) is 5.99. The Morgan fingerprint density at radius 3 is 2.48 bits per heavy atom. The lowest BCUT2D eigenvalue weighted by Gasteiger charge is -2.39. The van der Waals surface area contributed by atoms with E-state index in [4.69, 9.17) is 0 Å². The summed E-state index contributed by atoms with van der Waals surface area (Å²) in [4.78, 5) is 5.97. The lowest BCUT2D eigenvalue weighted by atomic mass is 10.2. The zero-order valence-corrected chi connectivity index (χ0v) is 14.7. The smallest absolute Gasteiger partial charge is 0.193 e. The van der Waals surface area contributed by atoms with Crippen LogP contribution in [0.15, 0.2) is 4.99 Å². The number of nitrogens with one attached hydrogen (secondary N) is 1. The quantitative estimate of drug-likeness (QED) is 0.548. The Balaban J connectivity index is 2.67. The molecule has 0 atom stereocenters. The summed E-state index contributed by atoms with van der Waals surface area (Å²) in [6, 6.07) is 0. The number of guanidine groups is 1. The maximum atomic E-state index is 12.0. The third-order valence-corrected chi connectivity index (χ3v) is 7.93. The van der Waals surface area contributed by atoms with E-state index >= 15 is 0 Å². The summed E-state index contributed by atoms with van der Waals surface area (Å²) in [5.41, 5.74) is 0. The van der Waals surface area contributed by atoms with Crippen LogP contribution in [0.25, 0.3) is 0 Å². The third-order valence-electron chi connectivity index (χ3n) is 3.69. The number of sulfone groups is 2. The highest BCUT2D eigenvalue weighted by Crippen LogP contribution is 2.23. The molecule has 1 heterocycles. The molecule has 0 aromatic rings. The summed E-state index contributed by atoms with van der Waals surface area (Å²) in [5.74, 6) is 0.776. The molecule has 0 bridgehead atoms. The first-order valence-corrected chi connectivity index (χ1v) is 10.4. The first-order chi connectivity index (χ1) is 9.54. The summed E-state index contributed by atoms with van der Waals surface area (Å²) in [7, 11) is -4.53. The molecular formula is C12H25N3O4S2. The molecule has 1 N–H and O–H groups in total. The normalized spacial score (nSPS) is 22.1. The number of nitrogens with zero attached hydrogens (tertiary/aromatic N) is 2. The van der Waals surface area contributed by atoms with Crippen molar-refractivity contribution in [2.24, 2.45) is 4.99 Å². The minimum atomic E-state index is -3.10. The predicted octanol–water partition coefficient (Wildman–Crippen LogP) is -0.494. The molecule has 1 aliphatic rings. The molecule has 9 heteroatoms. The van der Waals surface area contributed by atoms with Crippen LogP contribution in [0.5, 0.6) is 0 Å². The fourth-order valence-electron chi connectivity index (χ4n) is 2.12. The fourth-order valence-corrected chi connectivity index (χ4v) is 4.19. The Bertz CT molecular complexity index is 594. The van der Waals surface area contributed by atoms with E-state index in [0.29, 0.717) is 19.0 Å². The van der Waals surface area contributed by atoms with Crippen LogP contribution in [-0.4, -0.2) is 76.4 Å². The second-order valence-corrected chi connectivity index (χ2v) is 10.9. The van der Waals surface area contributed by atoms with Gasteiger partial charge >= 0.3 is 0 Å². The van der Waals surface area contributed by atoms with Gasteiger partial charge in [0, 0.05) is 32.4 Å². The number of aliphatic imine (C=N–C) groups is 1. The Morgan fingerprint density at radius 2 is 2.00 bits per heavy atom. The molecule has 21 heavy (non-hydrogen) atoms. The highest BCUT2D eigenvalue weighted by molar-refractivity contribution is 7.92. The highest BCUT2D eigenvalue weighted by Gasteiger charge is 2.40. The van der Waals surface area contributed by atoms with Gasteiger partial charge in [-0.3, -0.25) is 4.99 Å². The van der Waals surface area contributed by atoms with E-state index in [0.717, 1.165) is 0 Å². The largest absolute Gasteiger partial charge is 0.355 e. The van der Waals surface area contributed by atoms with Gasteiger partial charge < -0.3 is 10.2 Å². The fraction of sp³-hybridized carbons (Fsp3) is 0.917. The van der Waals surface area contributed by atoms with E-state index in [1.807, 2.05) is 4.90 Å². The molecular weight excluding hydrogens is 314 g/mol. The maximum absolute atomic E-state index is 12.0. The zero-order chi connectivity index (χ0) is 16.3. The zero-order valence-electron chi connectivity index (χ0n) is 13.1. The van der Waals surface area contributed by atoms with Crippen molar-refractivity contribution in [2.75, 3.05) is 43.9 Å². The summed E-state index contributed by atoms with van der Waals surface area (Å²) < 4.78 is 46.0. The summed E-state index contributed by atoms with van der Waals surface area (Å²) in [6.07, 6.45) is 0. The maximum Gasteiger partial charge on any atom is 0.193 e. The Kier molecular flexibility index (Phi) is 5.65. The molecule has 1 aliphatic heterocycles. The topological polar surface area (TPSA) is 95.9 Å². The first-order valence-electron chi connectivity index (χ1n) is 6.93. The lowest BCUT2D eigenvalue weighted by molar-refractivity contribution is 0.354. The molecule has 0 aromatic carbocycles. The van der Waals surface area contributed by atoms with Gasteiger partial charge in [-0.2, -0.15) is 0 Å². The van der Waals surface area contributed by atoms with Crippen molar-refractivity contribution in [1.82, 2.24) is 10.2 Å². The van der Waals surface area contributed by atoms with Gasteiger partial charge in [0.25, 0.3) is 0 Å². The average Bonchev–Trinajstić information content (AvgIpc) is 2.38. The molecule has 0 aromatic heterocycles. The van der Waals surface area contributed by atoms with Crippen LogP contribution in [0.3, 0.4) is 0 Å². The van der Waals surface area contributed by atoms with Gasteiger partial charge in [-0.1, -0.05) is 6.92 Å². The van der Waals surface area contributed by atoms with E-state index in [-0.39, 0.29) is 23.8 Å². The van der Waals surface area contributed by atoms with E-state index in [2.05, 4.69) is 10.3 Å². The number of hydrogen-bond acceptors (Lipinski definition) is 5. The van der Waals surface area contributed by atoms with Gasteiger partial charge in [-0.25, -0.2) is 16.8 Å². The van der Waals surface area contributed by atoms with Gasteiger partial charge in [-0.15, -0.1) is 0 Å². The van der Waals surface area contributed by atoms with Crippen LogP contribution in [0.1, 0.15) is 20.8 Å². The summed E-state index contributed by atoms with van der Waals surface area (Å²) in [5, 5.41) is 3.00.